The molecular formula is C18H21N5O3S. The van der Waals surface area contributed by atoms with E-state index in [9.17, 15) is 8.42 Å². The van der Waals surface area contributed by atoms with E-state index in [4.69, 9.17) is 4.74 Å². The molecule has 0 aromatic carbocycles. The van der Waals surface area contributed by atoms with Crippen molar-refractivity contribution in [3.63, 3.8) is 0 Å². The summed E-state index contributed by atoms with van der Waals surface area (Å²) in [5, 5.41) is 3.21. The minimum absolute atomic E-state index is 0.204. The van der Waals surface area contributed by atoms with Crippen molar-refractivity contribution in [2.75, 3.05) is 38.2 Å². The number of hydrogen-bond donors (Lipinski definition) is 1. The van der Waals surface area contributed by atoms with Crippen molar-refractivity contribution >= 4 is 21.5 Å². The highest BCUT2D eigenvalue weighted by molar-refractivity contribution is 7.89. The van der Waals surface area contributed by atoms with E-state index in [1.54, 1.807) is 12.1 Å². The fraction of sp³-hybridized carbons (Fsp3) is 0.333. The Labute approximate surface area is 157 Å². The molecule has 0 saturated carbocycles. The van der Waals surface area contributed by atoms with Crippen molar-refractivity contribution in [2.24, 2.45) is 0 Å². The second-order valence-corrected chi connectivity index (χ2v) is 8.21. The molecule has 27 heavy (non-hydrogen) atoms. The minimum atomic E-state index is -3.51. The first-order chi connectivity index (χ1) is 13.1. The molecule has 8 nitrogen and oxygen atoms in total. The molecule has 0 aliphatic carbocycles. The van der Waals surface area contributed by atoms with Gasteiger partial charge in [-0.15, -0.1) is 0 Å². The molecule has 142 valence electrons. The summed E-state index contributed by atoms with van der Waals surface area (Å²) in [4.78, 5) is 8.99. The Bertz CT molecular complexity index is 978. The maximum atomic E-state index is 12.6. The topological polar surface area (TPSA) is 88.8 Å². The standard InChI is InChI=1S/C18H21N5O3S/c24-27(25,23-9-11-26-12-10-23)16-4-5-17(20-13-16)19-7-6-15-14-22-8-2-1-3-18(22)21-15/h1-5,8,13-14H,6-7,9-12H2,(H,19,20). The first-order valence-electron chi connectivity index (χ1n) is 8.83. The summed E-state index contributed by atoms with van der Waals surface area (Å²) in [6, 6.07) is 9.17. The van der Waals surface area contributed by atoms with E-state index in [0.29, 0.717) is 38.7 Å². The van der Waals surface area contributed by atoms with Crippen LogP contribution < -0.4 is 5.32 Å². The number of imidazole rings is 1. The van der Waals surface area contributed by atoms with Crippen molar-refractivity contribution < 1.29 is 13.2 Å². The van der Waals surface area contributed by atoms with Gasteiger partial charge in [0.2, 0.25) is 10.0 Å². The van der Waals surface area contributed by atoms with Gasteiger partial charge in [0.1, 0.15) is 16.4 Å². The molecule has 0 radical (unpaired) electrons. The molecular weight excluding hydrogens is 366 g/mol. The summed E-state index contributed by atoms with van der Waals surface area (Å²) in [5.74, 6) is 0.639. The van der Waals surface area contributed by atoms with Gasteiger partial charge in [-0.25, -0.2) is 18.4 Å². The zero-order valence-corrected chi connectivity index (χ0v) is 15.6. The molecule has 1 saturated heterocycles. The number of rotatable bonds is 6. The maximum absolute atomic E-state index is 12.6. The van der Waals surface area contributed by atoms with Crippen LogP contribution in [0.25, 0.3) is 5.65 Å². The lowest BCUT2D eigenvalue weighted by Crippen LogP contribution is -2.40. The molecule has 4 rings (SSSR count). The number of sulfonamides is 1. The Hall–Kier alpha value is -2.49. The molecule has 0 amide bonds. The fourth-order valence-corrected chi connectivity index (χ4v) is 4.35. The Kier molecular flexibility index (Phi) is 5.06. The molecule has 9 heteroatoms. The van der Waals surface area contributed by atoms with E-state index in [2.05, 4.69) is 15.3 Å². The Morgan fingerprint density at radius 2 is 2.00 bits per heavy atom. The first kappa shape index (κ1) is 17.9. The molecule has 1 aliphatic rings. The van der Waals surface area contributed by atoms with Crippen LogP contribution in [-0.2, 0) is 21.2 Å². The van der Waals surface area contributed by atoms with E-state index in [1.807, 2.05) is 35.0 Å². The van der Waals surface area contributed by atoms with Crippen LogP contribution in [0, 0.1) is 0 Å². The molecule has 3 aromatic heterocycles. The quantitative estimate of drug-likeness (QED) is 0.688. The van der Waals surface area contributed by atoms with Crippen LogP contribution in [-0.4, -0.2) is 59.9 Å². The monoisotopic (exact) mass is 387 g/mol. The van der Waals surface area contributed by atoms with E-state index >= 15 is 0 Å². The van der Waals surface area contributed by atoms with Gasteiger partial charge in [-0.05, 0) is 24.3 Å². The Balaban J connectivity index is 1.36. The highest BCUT2D eigenvalue weighted by Gasteiger charge is 2.26. The van der Waals surface area contributed by atoms with E-state index in [1.165, 1.54) is 10.5 Å². The minimum Gasteiger partial charge on any atom is -0.379 e. The summed E-state index contributed by atoms with van der Waals surface area (Å²) >= 11 is 0. The summed E-state index contributed by atoms with van der Waals surface area (Å²) in [7, 11) is -3.51. The van der Waals surface area contributed by atoms with Crippen LogP contribution in [0.4, 0.5) is 5.82 Å². The van der Waals surface area contributed by atoms with Crippen molar-refractivity contribution in [2.45, 2.75) is 11.3 Å². The van der Waals surface area contributed by atoms with Gasteiger partial charge >= 0.3 is 0 Å². The molecule has 0 spiro atoms. The van der Waals surface area contributed by atoms with Crippen LogP contribution >= 0.6 is 0 Å². The average molecular weight is 387 g/mol. The lowest BCUT2D eigenvalue weighted by atomic mass is 10.3. The van der Waals surface area contributed by atoms with Gasteiger partial charge in [0.25, 0.3) is 0 Å². The smallest absolute Gasteiger partial charge is 0.244 e. The number of morpholine rings is 1. The molecule has 1 N–H and O–H groups in total. The largest absolute Gasteiger partial charge is 0.379 e. The zero-order chi connectivity index (χ0) is 18.7. The fourth-order valence-electron chi connectivity index (χ4n) is 3.00. The maximum Gasteiger partial charge on any atom is 0.244 e. The van der Waals surface area contributed by atoms with Crippen LogP contribution in [0.1, 0.15) is 5.69 Å². The lowest BCUT2D eigenvalue weighted by molar-refractivity contribution is 0.0730. The number of nitrogens with zero attached hydrogens (tertiary/aromatic N) is 4. The van der Waals surface area contributed by atoms with Gasteiger partial charge in [0, 0.05) is 44.6 Å². The third-order valence-corrected chi connectivity index (χ3v) is 6.33. The Morgan fingerprint density at radius 3 is 2.74 bits per heavy atom. The van der Waals surface area contributed by atoms with Gasteiger partial charge in [-0.2, -0.15) is 4.31 Å². The molecule has 1 aliphatic heterocycles. The summed E-state index contributed by atoms with van der Waals surface area (Å²) in [6.45, 7) is 2.26. The SMILES string of the molecule is O=S(=O)(c1ccc(NCCc2cn3ccccc3n2)nc1)N1CCOCC1. The van der Waals surface area contributed by atoms with E-state index < -0.39 is 10.0 Å². The predicted octanol–water partition coefficient (Wildman–Crippen LogP) is 1.40. The van der Waals surface area contributed by atoms with Gasteiger partial charge < -0.3 is 14.5 Å². The van der Waals surface area contributed by atoms with Gasteiger partial charge in [0.05, 0.1) is 18.9 Å². The number of aromatic nitrogens is 3. The Morgan fingerprint density at radius 1 is 1.15 bits per heavy atom. The van der Waals surface area contributed by atoms with Crippen LogP contribution in [0.15, 0.2) is 53.8 Å². The van der Waals surface area contributed by atoms with E-state index in [-0.39, 0.29) is 4.90 Å². The lowest BCUT2D eigenvalue weighted by Gasteiger charge is -2.25. The van der Waals surface area contributed by atoms with Gasteiger partial charge in [-0.1, -0.05) is 6.07 Å². The van der Waals surface area contributed by atoms with Crippen LogP contribution in [0.3, 0.4) is 0 Å². The predicted molar refractivity (Wildman–Crippen MR) is 101 cm³/mol. The summed E-state index contributed by atoms with van der Waals surface area (Å²) in [5.41, 5.74) is 1.91. The van der Waals surface area contributed by atoms with Crippen molar-refractivity contribution in [1.82, 2.24) is 18.7 Å². The normalized spacial score (nSPS) is 15.9. The van der Waals surface area contributed by atoms with Crippen LogP contribution in [0.2, 0.25) is 0 Å². The van der Waals surface area contributed by atoms with Gasteiger partial charge in [0.15, 0.2) is 0 Å². The average Bonchev–Trinajstić information content (AvgIpc) is 3.12. The highest BCUT2D eigenvalue weighted by atomic mass is 32.2. The van der Waals surface area contributed by atoms with E-state index in [0.717, 1.165) is 17.8 Å². The third-order valence-electron chi connectivity index (χ3n) is 4.45. The molecule has 0 bridgehead atoms. The zero-order valence-electron chi connectivity index (χ0n) is 14.8. The second-order valence-electron chi connectivity index (χ2n) is 6.27. The number of ether oxygens (including phenoxy) is 1. The van der Waals surface area contributed by atoms with Crippen molar-refractivity contribution in [1.29, 1.82) is 0 Å². The number of hydrogen-bond acceptors (Lipinski definition) is 6. The molecule has 4 heterocycles. The number of fused-ring (bicyclic) bond motifs is 1. The first-order valence-corrected chi connectivity index (χ1v) is 10.3. The van der Waals surface area contributed by atoms with Crippen LogP contribution in [0.5, 0.6) is 0 Å². The molecule has 0 unspecified atom stereocenters. The molecule has 0 atom stereocenters. The number of nitrogens with one attached hydrogen (secondary N) is 1. The second kappa shape index (κ2) is 7.63. The highest BCUT2D eigenvalue weighted by Crippen LogP contribution is 2.17. The number of anilines is 1. The van der Waals surface area contributed by atoms with Crippen molar-refractivity contribution in [3.8, 4) is 0 Å². The van der Waals surface area contributed by atoms with Gasteiger partial charge in [-0.3, -0.25) is 0 Å². The summed E-state index contributed by atoms with van der Waals surface area (Å²) in [6.07, 6.45) is 6.12. The van der Waals surface area contributed by atoms with Crippen molar-refractivity contribution in [3.05, 3.63) is 54.6 Å². The third kappa shape index (κ3) is 3.95. The molecule has 3 aromatic rings. The molecule has 1 fully saturated rings. The summed E-state index contributed by atoms with van der Waals surface area (Å²) < 4.78 is 33.8. The number of pyridine rings is 2.